The highest BCUT2D eigenvalue weighted by molar-refractivity contribution is 7.98. The highest BCUT2D eigenvalue weighted by Gasteiger charge is 2.07. The minimum atomic E-state index is 0.486. The van der Waals surface area contributed by atoms with Gasteiger partial charge >= 0.3 is 0 Å². The van der Waals surface area contributed by atoms with Gasteiger partial charge in [0.2, 0.25) is 0 Å². The molecule has 0 aliphatic carbocycles. The predicted octanol–water partition coefficient (Wildman–Crippen LogP) is 3.24. The van der Waals surface area contributed by atoms with Gasteiger partial charge in [-0.3, -0.25) is 0 Å². The van der Waals surface area contributed by atoms with Gasteiger partial charge in [-0.1, -0.05) is 25.6 Å². The Balaban J connectivity index is 2.02. The maximum absolute atomic E-state index is 5.69. The Hall–Kier alpha value is -1.14. The second kappa shape index (κ2) is 5.67. The van der Waals surface area contributed by atoms with Gasteiger partial charge in [0.1, 0.15) is 5.82 Å². The lowest BCUT2D eigenvalue weighted by Crippen LogP contribution is -1.96. The molecule has 2 rings (SSSR count). The van der Waals surface area contributed by atoms with E-state index in [0.717, 1.165) is 17.1 Å². The number of nitrogen functional groups attached to an aromatic ring is 1. The Labute approximate surface area is 115 Å². The zero-order chi connectivity index (χ0) is 13.1. The van der Waals surface area contributed by atoms with E-state index in [9.17, 15) is 0 Å². The number of thioether (sulfide) groups is 1. The number of hydrogen-bond donors (Lipinski definition) is 1. The molecule has 0 saturated carbocycles. The summed E-state index contributed by atoms with van der Waals surface area (Å²) in [5.74, 6) is 1.79. The Morgan fingerprint density at radius 2 is 2.11 bits per heavy atom. The fourth-order valence-corrected chi connectivity index (χ4v) is 3.17. The normalized spacial score (nSPS) is 11.1. The van der Waals surface area contributed by atoms with E-state index in [1.807, 2.05) is 6.92 Å². The molecule has 0 fully saturated rings. The van der Waals surface area contributed by atoms with Crippen LogP contribution >= 0.6 is 23.1 Å². The Morgan fingerprint density at radius 1 is 1.33 bits per heavy atom. The summed E-state index contributed by atoms with van der Waals surface area (Å²) < 4.78 is 0. The molecule has 2 heterocycles. The van der Waals surface area contributed by atoms with Gasteiger partial charge in [0.15, 0.2) is 5.16 Å². The lowest BCUT2D eigenvalue weighted by molar-refractivity contribution is 0.846. The van der Waals surface area contributed by atoms with E-state index in [1.54, 1.807) is 29.2 Å². The molecule has 2 aromatic heterocycles. The second-order valence-electron chi connectivity index (χ2n) is 4.34. The second-order valence-corrected chi connectivity index (χ2v) is 6.17. The topological polar surface area (TPSA) is 64.7 Å². The molecule has 0 spiro atoms. The van der Waals surface area contributed by atoms with Gasteiger partial charge in [0.05, 0.1) is 10.7 Å². The van der Waals surface area contributed by atoms with Gasteiger partial charge < -0.3 is 5.73 Å². The van der Waals surface area contributed by atoms with Crippen LogP contribution in [0, 0.1) is 6.92 Å². The Morgan fingerprint density at radius 3 is 2.72 bits per heavy atom. The van der Waals surface area contributed by atoms with Crippen molar-refractivity contribution in [1.82, 2.24) is 15.0 Å². The van der Waals surface area contributed by atoms with Crippen LogP contribution in [0.2, 0.25) is 0 Å². The predicted molar refractivity (Wildman–Crippen MR) is 76.9 cm³/mol. The first-order valence-electron chi connectivity index (χ1n) is 5.73. The first-order chi connectivity index (χ1) is 8.54. The minimum Gasteiger partial charge on any atom is -0.384 e. The zero-order valence-corrected chi connectivity index (χ0v) is 12.3. The molecule has 4 nitrogen and oxygen atoms in total. The monoisotopic (exact) mass is 280 g/mol. The van der Waals surface area contributed by atoms with Crippen molar-refractivity contribution in [2.75, 3.05) is 5.73 Å². The van der Waals surface area contributed by atoms with Crippen molar-refractivity contribution in [3.05, 3.63) is 27.8 Å². The average Bonchev–Trinajstić information content (AvgIpc) is 2.73. The molecule has 0 aliphatic heterocycles. The summed E-state index contributed by atoms with van der Waals surface area (Å²) in [6.07, 6.45) is 0. The summed E-state index contributed by atoms with van der Waals surface area (Å²) in [5.41, 5.74) is 7.67. The summed E-state index contributed by atoms with van der Waals surface area (Å²) in [7, 11) is 0. The number of aryl methyl sites for hydroxylation is 1. The molecule has 6 heteroatoms. The van der Waals surface area contributed by atoms with Crippen molar-refractivity contribution >= 4 is 28.9 Å². The van der Waals surface area contributed by atoms with Crippen molar-refractivity contribution in [2.45, 2.75) is 37.6 Å². The first-order valence-corrected chi connectivity index (χ1v) is 7.59. The van der Waals surface area contributed by atoms with Gasteiger partial charge in [-0.05, 0) is 6.92 Å². The quantitative estimate of drug-likeness (QED) is 0.688. The number of nitrogens with zero attached hydrogens (tertiary/aromatic N) is 3. The molecule has 0 saturated heterocycles. The van der Waals surface area contributed by atoms with Gasteiger partial charge in [0, 0.05) is 28.8 Å². The first kappa shape index (κ1) is 13.3. The highest BCUT2D eigenvalue weighted by atomic mass is 32.2. The molecule has 0 unspecified atom stereocenters. The van der Waals surface area contributed by atoms with Gasteiger partial charge in [-0.15, -0.1) is 11.3 Å². The Bertz CT molecular complexity index is 516. The van der Waals surface area contributed by atoms with Crippen molar-refractivity contribution in [3.8, 4) is 0 Å². The molecular formula is C12H16N4S2. The van der Waals surface area contributed by atoms with E-state index < -0.39 is 0 Å². The van der Waals surface area contributed by atoms with Crippen LogP contribution in [0.5, 0.6) is 0 Å². The summed E-state index contributed by atoms with van der Waals surface area (Å²) in [5, 5.41) is 3.99. The van der Waals surface area contributed by atoms with Crippen LogP contribution < -0.4 is 5.73 Å². The standard InChI is InChI=1S/C12H16N4S2/c1-7(2)11-15-9(5-17-11)6-18-12-14-8(3)4-10(13)16-12/h4-5,7H,6H2,1-3H3,(H2,13,14,16). The van der Waals surface area contributed by atoms with Crippen LogP contribution in [0.3, 0.4) is 0 Å². The summed E-state index contributed by atoms with van der Waals surface area (Å²) in [6, 6.07) is 1.77. The molecule has 96 valence electrons. The largest absolute Gasteiger partial charge is 0.384 e. The van der Waals surface area contributed by atoms with E-state index >= 15 is 0 Å². The smallest absolute Gasteiger partial charge is 0.190 e. The molecule has 0 bridgehead atoms. The molecule has 0 amide bonds. The van der Waals surface area contributed by atoms with Gasteiger partial charge in [-0.2, -0.15) is 0 Å². The number of rotatable bonds is 4. The summed E-state index contributed by atoms with van der Waals surface area (Å²) in [6.45, 7) is 6.22. The molecule has 18 heavy (non-hydrogen) atoms. The van der Waals surface area contributed by atoms with Crippen LogP contribution in [0.4, 0.5) is 5.82 Å². The van der Waals surface area contributed by atoms with Crippen molar-refractivity contribution in [2.24, 2.45) is 0 Å². The number of hydrogen-bond acceptors (Lipinski definition) is 6. The maximum atomic E-state index is 5.69. The lowest BCUT2D eigenvalue weighted by Gasteiger charge is -2.01. The van der Waals surface area contributed by atoms with E-state index in [4.69, 9.17) is 5.73 Å². The molecule has 0 atom stereocenters. The summed E-state index contributed by atoms with van der Waals surface area (Å²) in [4.78, 5) is 13.1. The lowest BCUT2D eigenvalue weighted by atomic mass is 10.2. The molecule has 0 aromatic carbocycles. The number of thiazole rings is 1. The highest BCUT2D eigenvalue weighted by Crippen LogP contribution is 2.24. The molecular weight excluding hydrogens is 264 g/mol. The van der Waals surface area contributed by atoms with E-state index in [1.165, 1.54) is 5.01 Å². The maximum Gasteiger partial charge on any atom is 0.190 e. The molecule has 0 aliphatic rings. The van der Waals surface area contributed by atoms with Crippen molar-refractivity contribution in [3.63, 3.8) is 0 Å². The van der Waals surface area contributed by atoms with Crippen molar-refractivity contribution < 1.29 is 0 Å². The number of anilines is 1. The third-order valence-electron chi connectivity index (χ3n) is 2.27. The fourth-order valence-electron chi connectivity index (χ4n) is 1.42. The zero-order valence-electron chi connectivity index (χ0n) is 10.7. The van der Waals surface area contributed by atoms with Crippen LogP contribution in [-0.2, 0) is 5.75 Å². The summed E-state index contributed by atoms with van der Waals surface area (Å²) >= 11 is 3.28. The van der Waals surface area contributed by atoms with E-state index in [0.29, 0.717) is 16.9 Å². The molecule has 2 aromatic rings. The average molecular weight is 280 g/mol. The van der Waals surface area contributed by atoms with Crippen molar-refractivity contribution in [1.29, 1.82) is 0 Å². The Kier molecular flexibility index (Phi) is 4.19. The molecule has 0 radical (unpaired) electrons. The fraction of sp³-hybridized carbons (Fsp3) is 0.417. The number of nitrogens with two attached hydrogens (primary N) is 1. The minimum absolute atomic E-state index is 0.486. The molecule has 2 N–H and O–H groups in total. The third kappa shape index (κ3) is 3.43. The van der Waals surface area contributed by atoms with E-state index in [-0.39, 0.29) is 0 Å². The van der Waals surface area contributed by atoms with Crippen LogP contribution in [0.25, 0.3) is 0 Å². The van der Waals surface area contributed by atoms with Gasteiger partial charge in [0.25, 0.3) is 0 Å². The van der Waals surface area contributed by atoms with Crippen LogP contribution in [0.15, 0.2) is 16.6 Å². The van der Waals surface area contributed by atoms with Crippen LogP contribution in [-0.4, -0.2) is 15.0 Å². The van der Waals surface area contributed by atoms with Gasteiger partial charge in [-0.25, -0.2) is 15.0 Å². The SMILES string of the molecule is Cc1cc(N)nc(SCc2csc(C(C)C)n2)n1. The third-order valence-corrected chi connectivity index (χ3v) is 4.34. The van der Waals surface area contributed by atoms with Crippen LogP contribution in [0.1, 0.15) is 36.2 Å². The number of aromatic nitrogens is 3. The van der Waals surface area contributed by atoms with E-state index in [2.05, 4.69) is 34.2 Å².